The van der Waals surface area contributed by atoms with Crippen LogP contribution in [0.2, 0.25) is 5.02 Å². The van der Waals surface area contributed by atoms with Gasteiger partial charge in [0.05, 0.1) is 13.2 Å². The molecule has 0 radical (unpaired) electrons. The van der Waals surface area contributed by atoms with Gasteiger partial charge in [0.15, 0.2) is 0 Å². The highest BCUT2D eigenvalue weighted by Crippen LogP contribution is 2.25. The van der Waals surface area contributed by atoms with Gasteiger partial charge in [-0.1, -0.05) is 54.4 Å². The fraction of sp³-hybridized carbons (Fsp3) is 0.400. The molecule has 0 atom stereocenters. The maximum atomic E-state index is 5.99. The lowest BCUT2D eigenvalue weighted by atomic mass is 10.0. The zero-order valence-electron chi connectivity index (χ0n) is 13.9. The fourth-order valence-corrected chi connectivity index (χ4v) is 3.24. The van der Waals surface area contributed by atoms with E-state index in [0.717, 1.165) is 18.2 Å². The van der Waals surface area contributed by atoms with Crippen LogP contribution in [-0.2, 0) is 11.3 Å². The molecule has 0 amide bonds. The van der Waals surface area contributed by atoms with Crippen LogP contribution in [0.4, 0.5) is 0 Å². The number of halogens is 2. The van der Waals surface area contributed by atoms with E-state index in [1.54, 1.807) is 0 Å². The zero-order chi connectivity index (χ0) is 15.9. The number of likely N-dealkylation sites (tertiary alicyclic amines) is 1. The number of hydrogen-bond acceptors (Lipinski definition) is 2. The average Bonchev–Trinajstić information content (AvgIpc) is 2.61. The summed E-state index contributed by atoms with van der Waals surface area (Å²) in [5.41, 5.74) is 3.64. The van der Waals surface area contributed by atoms with Crippen LogP contribution < -0.4 is 0 Å². The second-order valence-electron chi connectivity index (χ2n) is 6.12. The second kappa shape index (κ2) is 10.0. The Morgan fingerprint density at radius 3 is 2.38 bits per heavy atom. The standard InChI is InChI=1S/C20H24ClNO.ClH/c21-19-10-8-17(9-11-19)20-7-3-2-6-18(20)16-23-15-14-22-12-4-1-5-13-22;/h2-3,6-11H,1,4-5,12-16H2;1H. The van der Waals surface area contributed by atoms with E-state index in [9.17, 15) is 0 Å². The topological polar surface area (TPSA) is 12.5 Å². The molecule has 3 rings (SSSR count). The van der Waals surface area contributed by atoms with Crippen LogP contribution in [0.1, 0.15) is 24.8 Å². The van der Waals surface area contributed by atoms with Crippen molar-refractivity contribution in [3.63, 3.8) is 0 Å². The summed E-state index contributed by atoms with van der Waals surface area (Å²) in [5.74, 6) is 0. The molecule has 0 spiro atoms. The monoisotopic (exact) mass is 365 g/mol. The van der Waals surface area contributed by atoms with Gasteiger partial charge < -0.3 is 9.64 Å². The first-order valence-electron chi connectivity index (χ1n) is 8.47. The molecule has 130 valence electrons. The summed E-state index contributed by atoms with van der Waals surface area (Å²) in [6, 6.07) is 16.4. The fourth-order valence-electron chi connectivity index (χ4n) is 3.12. The molecule has 1 aliphatic rings. The van der Waals surface area contributed by atoms with Crippen LogP contribution in [0.5, 0.6) is 0 Å². The predicted octanol–water partition coefficient (Wildman–Crippen LogP) is 5.43. The van der Waals surface area contributed by atoms with Crippen molar-refractivity contribution in [2.75, 3.05) is 26.2 Å². The average molecular weight is 366 g/mol. The van der Waals surface area contributed by atoms with Gasteiger partial charge in [0, 0.05) is 11.6 Å². The molecular weight excluding hydrogens is 341 g/mol. The van der Waals surface area contributed by atoms with Crippen molar-refractivity contribution in [1.29, 1.82) is 0 Å². The van der Waals surface area contributed by atoms with E-state index in [-0.39, 0.29) is 12.4 Å². The molecule has 0 saturated carbocycles. The summed E-state index contributed by atoms with van der Waals surface area (Å²) >= 11 is 5.99. The molecule has 1 aliphatic heterocycles. The molecule has 0 aromatic heterocycles. The highest BCUT2D eigenvalue weighted by Gasteiger charge is 2.10. The molecule has 4 heteroatoms. The Labute approximate surface area is 156 Å². The maximum absolute atomic E-state index is 5.99. The molecule has 2 aromatic rings. The van der Waals surface area contributed by atoms with Gasteiger partial charge in [-0.2, -0.15) is 0 Å². The number of hydrogen-bond donors (Lipinski definition) is 0. The van der Waals surface area contributed by atoms with E-state index in [2.05, 4.69) is 41.3 Å². The third-order valence-electron chi connectivity index (χ3n) is 4.43. The Balaban J connectivity index is 0.00000208. The normalized spacial score (nSPS) is 15.0. The van der Waals surface area contributed by atoms with Crippen molar-refractivity contribution in [3.05, 3.63) is 59.1 Å². The Bertz CT molecular complexity index is 609. The van der Waals surface area contributed by atoms with E-state index < -0.39 is 0 Å². The summed E-state index contributed by atoms with van der Waals surface area (Å²) in [7, 11) is 0. The highest BCUT2D eigenvalue weighted by atomic mass is 35.5. The SMILES string of the molecule is Cl.Clc1ccc(-c2ccccc2COCCN2CCCCC2)cc1. The number of benzene rings is 2. The van der Waals surface area contributed by atoms with Gasteiger partial charge in [0.1, 0.15) is 0 Å². The van der Waals surface area contributed by atoms with Gasteiger partial charge in [0.2, 0.25) is 0 Å². The van der Waals surface area contributed by atoms with E-state index in [4.69, 9.17) is 16.3 Å². The molecular formula is C20H25Cl2NO. The van der Waals surface area contributed by atoms with Gasteiger partial charge in [-0.3, -0.25) is 0 Å². The Hall–Kier alpha value is -1.06. The second-order valence-corrected chi connectivity index (χ2v) is 6.56. The maximum Gasteiger partial charge on any atom is 0.0723 e. The minimum Gasteiger partial charge on any atom is -0.375 e. The van der Waals surface area contributed by atoms with E-state index in [1.165, 1.54) is 49.0 Å². The van der Waals surface area contributed by atoms with Crippen molar-refractivity contribution in [2.24, 2.45) is 0 Å². The van der Waals surface area contributed by atoms with Gasteiger partial charge in [-0.15, -0.1) is 12.4 Å². The van der Waals surface area contributed by atoms with E-state index in [1.807, 2.05) is 12.1 Å². The summed E-state index contributed by atoms with van der Waals surface area (Å²) in [4.78, 5) is 2.51. The first kappa shape index (κ1) is 19.3. The largest absolute Gasteiger partial charge is 0.375 e. The first-order chi connectivity index (χ1) is 11.3. The third-order valence-corrected chi connectivity index (χ3v) is 4.68. The quantitative estimate of drug-likeness (QED) is 0.632. The van der Waals surface area contributed by atoms with E-state index >= 15 is 0 Å². The number of rotatable bonds is 6. The predicted molar refractivity (Wildman–Crippen MR) is 104 cm³/mol. The van der Waals surface area contributed by atoms with Crippen molar-refractivity contribution < 1.29 is 4.74 Å². The van der Waals surface area contributed by atoms with E-state index in [0.29, 0.717) is 6.61 Å². The Morgan fingerprint density at radius 1 is 0.917 bits per heavy atom. The van der Waals surface area contributed by atoms with Crippen molar-refractivity contribution in [3.8, 4) is 11.1 Å². The van der Waals surface area contributed by atoms with Gasteiger partial charge in [-0.05, 0) is 54.8 Å². The Morgan fingerprint density at radius 2 is 1.62 bits per heavy atom. The van der Waals surface area contributed by atoms with Crippen molar-refractivity contribution >= 4 is 24.0 Å². The van der Waals surface area contributed by atoms with Crippen LogP contribution in [0, 0.1) is 0 Å². The minimum atomic E-state index is 0. The zero-order valence-corrected chi connectivity index (χ0v) is 15.5. The van der Waals surface area contributed by atoms with Gasteiger partial charge in [-0.25, -0.2) is 0 Å². The first-order valence-corrected chi connectivity index (χ1v) is 8.85. The molecule has 0 aliphatic carbocycles. The molecule has 0 unspecified atom stereocenters. The van der Waals surface area contributed by atoms with Crippen LogP contribution in [0.25, 0.3) is 11.1 Å². The summed E-state index contributed by atoms with van der Waals surface area (Å²) in [5, 5.41) is 0.768. The summed E-state index contributed by atoms with van der Waals surface area (Å²) in [6.45, 7) is 4.96. The molecule has 2 nitrogen and oxygen atoms in total. The molecule has 1 saturated heterocycles. The smallest absolute Gasteiger partial charge is 0.0723 e. The molecule has 1 fully saturated rings. The molecule has 0 bridgehead atoms. The molecule has 0 N–H and O–H groups in total. The molecule has 24 heavy (non-hydrogen) atoms. The Kier molecular flexibility index (Phi) is 8.07. The minimum absolute atomic E-state index is 0. The number of nitrogens with zero attached hydrogens (tertiary/aromatic N) is 1. The van der Waals surface area contributed by atoms with Crippen LogP contribution in [0.15, 0.2) is 48.5 Å². The lowest BCUT2D eigenvalue weighted by Crippen LogP contribution is -2.32. The lowest BCUT2D eigenvalue weighted by Gasteiger charge is -2.26. The van der Waals surface area contributed by atoms with Gasteiger partial charge in [0.25, 0.3) is 0 Å². The van der Waals surface area contributed by atoms with Crippen LogP contribution in [-0.4, -0.2) is 31.1 Å². The third kappa shape index (κ3) is 5.49. The summed E-state index contributed by atoms with van der Waals surface area (Å²) < 4.78 is 5.94. The molecule has 1 heterocycles. The van der Waals surface area contributed by atoms with Gasteiger partial charge >= 0.3 is 0 Å². The van der Waals surface area contributed by atoms with Crippen molar-refractivity contribution in [2.45, 2.75) is 25.9 Å². The number of ether oxygens (including phenoxy) is 1. The van der Waals surface area contributed by atoms with Crippen molar-refractivity contribution in [1.82, 2.24) is 4.90 Å². The van der Waals surface area contributed by atoms with Crippen LogP contribution in [0.3, 0.4) is 0 Å². The highest BCUT2D eigenvalue weighted by molar-refractivity contribution is 6.30. The lowest BCUT2D eigenvalue weighted by molar-refractivity contribution is 0.0865. The summed E-state index contributed by atoms with van der Waals surface area (Å²) in [6.07, 6.45) is 4.05. The van der Waals surface area contributed by atoms with Crippen LogP contribution >= 0.6 is 24.0 Å². The number of piperidine rings is 1. The molecule has 2 aromatic carbocycles.